The minimum absolute atomic E-state index is 0.0484. The van der Waals surface area contributed by atoms with E-state index in [4.69, 9.17) is 4.74 Å². The zero-order chi connectivity index (χ0) is 17.3. The van der Waals surface area contributed by atoms with E-state index in [0.717, 1.165) is 23.1 Å². The van der Waals surface area contributed by atoms with Gasteiger partial charge >= 0.3 is 6.09 Å². The summed E-state index contributed by atoms with van der Waals surface area (Å²) >= 11 is 1.46. The van der Waals surface area contributed by atoms with Crippen LogP contribution < -0.4 is 0 Å². The molecular weight excluding hydrogens is 344 g/mol. The number of para-hydroxylation sites is 1. The Morgan fingerprint density at radius 2 is 2.17 bits per heavy atom. The van der Waals surface area contributed by atoms with Crippen molar-refractivity contribution in [3.63, 3.8) is 0 Å². The number of likely N-dealkylation sites (tertiary alicyclic amines) is 1. The van der Waals surface area contributed by atoms with E-state index in [1.165, 1.54) is 11.3 Å². The first-order valence-electron chi connectivity index (χ1n) is 8.07. The van der Waals surface area contributed by atoms with Crippen LogP contribution in [0.4, 0.5) is 4.79 Å². The Kier molecular flexibility index (Phi) is 4.92. The van der Waals surface area contributed by atoms with Crippen LogP contribution in [0.25, 0.3) is 10.2 Å². The first kappa shape index (κ1) is 17.4. The number of nitrogens with zero attached hydrogens (tertiary/aromatic N) is 2. The second-order valence-corrected chi connectivity index (χ2v) is 9.63. The summed E-state index contributed by atoms with van der Waals surface area (Å²) in [4.78, 5) is 18.5. The number of hydrogen-bond acceptors (Lipinski definition) is 5. The molecule has 2 heterocycles. The normalized spacial score (nSPS) is 19.6. The third-order valence-electron chi connectivity index (χ3n) is 3.82. The molecule has 7 heteroatoms. The third-order valence-corrected chi connectivity index (χ3v) is 6.62. The average Bonchev–Trinajstić information content (AvgIpc) is 3.11. The zero-order valence-electron chi connectivity index (χ0n) is 14.2. The Hall–Kier alpha value is -1.47. The molecule has 1 aliphatic rings. The predicted octanol–water partition coefficient (Wildman–Crippen LogP) is 3.80. The van der Waals surface area contributed by atoms with Crippen molar-refractivity contribution in [2.75, 3.05) is 12.3 Å². The van der Waals surface area contributed by atoms with Crippen LogP contribution in [-0.4, -0.2) is 44.1 Å². The number of thiazole rings is 1. The second kappa shape index (κ2) is 6.80. The maximum Gasteiger partial charge on any atom is 0.410 e. The number of carbonyl (C=O) groups is 1. The number of ether oxygens (including phenoxy) is 1. The molecule has 24 heavy (non-hydrogen) atoms. The van der Waals surface area contributed by atoms with Crippen molar-refractivity contribution in [1.29, 1.82) is 0 Å². The van der Waals surface area contributed by atoms with Crippen LogP contribution in [0.3, 0.4) is 0 Å². The molecule has 5 nitrogen and oxygen atoms in total. The van der Waals surface area contributed by atoms with Gasteiger partial charge in [-0.25, -0.2) is 9.78 Å². The molecular formula is C17H22N2O3S2. The minimum Gasteiger partial charge on any atom is -0.444 e. The van der Waals surface area contributed by atoms with Gasteiger partial charge in [0, 0.05) is 12.6 Å². The van der Waals surface area contributed by atoms with Crippen LogP contribution >= 0.6 is 11.3 Å². The molecule has 1 amide bonds. The standard InChI is InChI=1S/C17H22N2O3S2/c1-17(2,3)22-16(20)19-10-6-7-12(19)11-24(21)15-18-13-8-4-5-9-14(13)23-15/h4-5,8-9,12H,6-7,10-11H2,1-3H3/t12-,24-/m1/s1. The highest BCUT2D eigenvalue weighted by molar-refractivity contribution is 7.87. The quantitative estimate of drug-likeness (QED) is 0.829. The van der Waals surface area contributed by atoms with Gasteiger partial charge in [0.15, 0.2) is 4.34 Å². The fraction of sp³-hybridized carbons (Fsp3) is 0.529. The van der Waals surface area contributed by atoms with Crippen molar-refractivity contribution in [2.24, 2.45) is 0 Å². The van der Waals surface area contributed by atoms with E-state index in [9.17, 15) is 9.00 Å². The lowest BCUT2D eigenvalue weighted by atomic mass is 10.2. The van der Waals surface area contributed by atoms with Crippen LogP contribution in [0.15, 0.2) is 28.6 Å². The topological polar surface area (TPSA) is 59.5 Å². The van der Waals surface area contributed by atoms with E-state index in [2.05, 4.69) is 4.98 Å². The molecule has 0 spiro atoms. The summed E-state index contributed by atoms with van der Waals surface area (Å²) in [7, 11) is -1.21. The Balaban J connectivity index is 1.69. The van der Waals surface area contributed by atoms with Crippen molar-refractivity contribution in [3.8, 4) is 0 Å². The average molecular weight is 367 g/mol. The summed E-state index contributed by atoms with van der Waals surface area (Å²) < 4.78 is 19.8. The Labute approximate surface area is 148 Å². The lowest BCUT2D eigenvalue weighted by Crippen LogP contribution is -2.42. The van der Waals surface area contributed by atoms with E-state index in [0.29, 0.717) is 16.6 Å². The number of aromatic nitrogens is 1. The number of fused-ring (bicyclic) bond motifs is 1. The van der Waals surface area contributed by atoms with Crippen LogP contribution in [0.2, 0.25) is 0 Å². The van der Waals surface area contributed by atoms with Crippen LogP contribution in [-0.2, 0) is 15.5 Å². The van der Waals surface area contributed by atoms with Crippen LogP contribution in [0, 0.1) is 0 Å². The summed E-state index contributed by atoms with van der Waals surface area (Å²) in [6.07, 6.45) is 1.46. The molecule has 0 saturated carbocycles. The van der Waals surface area contributed by atoms with Gasteiger partial charge in [-0.15, -0.1) is 11.3 Å². The maximum absolute atomic E-state index is 12.7. The Morgan fingerprint density at radius 1 is 1.42 bits per heavy atom. The highest BCUT2D eigenvalue weighted by atomic mass is 32.2. The molecule has 0 bridgehead atoms. The molecule has 3 rings (SSSR count). The Morgan fingerprint density at radius 3 is 2.88 bits per heavy atom. The van der Waals surface area contributed by atoms with E-state index >= 15 is 0 Å². The number of amides is 1. The summed E-state index contributed by atoms with van der Waals surface area (Å²) in [6, 6.07) is 7.74. The van der Waals surface area contributed by atoms with Crippen molar-refractivity contribution in [2.45, 2.75) is 49.6 Å². The van der Waals surface area contributed by atoms with Crippen LogP contribution in [0.5, 0.6) is 0 Å². The summed E-state index contributed by atoms with van der Waals surface area (Å²) in [5.41, 5.74) is 0.359. The molecule has 1 saturated heterocycles. The molecule has 0 unspecified atom stereocenters. The smallest absolute Gasteiger partial charge is 0.410 e. The van der Waals surface area contributed by atoms with Crippen molar-refractivity contribution < 1.29 is 13.7 Å². The lowest BCUT2D eigenvalue weighted by Gasteiger charge is -2.28. The van der Waals surface area contributed by atoms with E-state index < -0.39 is 16.4 Å². The molecule has 2 atom stereocenters. The van der Waals surface area contributed by atoms with Crippen molar-refractivity contribution in [3.05, 3.63) is 24.3 Å². The molecule has 2 aromatic rings. The highest BCUT2D eigenvalue weighted by Gasteiger charge is 2.33. The minimum atomic E-state index is -1.21. The lowest BCUT2D eigenvalue weighted by molar-refractivity contribution is 0.0241. The maximum atomic E-state index is 12.7. The predicted molar refractivity (Wildman–Crippen MR) is 96.9 cm³/mol. The van der Waals surface area contributed by atoms with Gasteiger partial charge in [-0.2, -0.15) is 0 Å². The zero-order valence-corrected chi connectivity index (χ0v) is 15.8. The largest absolute Gasteiger partial charge is 0.444 e. The third kappa shape index (κ3) is 3.95. The molecule has 1 fully saturated rings. The SMILES string of the molecule is CC(C)(C)OC(=O)N1CCC[C@@H]1C[S@@](=O)c1nc2ccccc2s1. The van der Waals surface area contributed by atoms with Crippen molar-refractivity contribution >= 4 is 38.4 Å². The summed E-state index contributed by atoms with van der Waals surface area (Å²) in [5, 5.41) is 0. The van der Waals surface area contributed by atoms with Gasteiger partial charge in [-0.3, -0.25) is 4.21 Å². The number of hydrogen-bond donors (Lipinski definition) is 0. The summed E-state index contributed by atoms with van der Waals surface area (Å²) in [6.45, 7) is 6.23. The van der Waals surface area contributed by atoms with Gasteiger partial charge in [-0.05, 0) is 45.7 Å². The first-order valence-corrected chi connectivity index (χ1v) is 10.2. The molecule has 0 aliphatic carbocycles. The summed E-state index contributed by atoms with van der Waals surface area (Å²) in [5.74, 6) is 0.416. The Bertz CT molecular complexity index is 734. The van der Waals surface area contributed by atoms with Gasteiger partial charge < -0.3 is 9.64 Å². The highest BCUT2D eigenvalue weighted by Crippen LogP contribution is 2.27. The fourth-order valence-electron chi connectivity index (χ4n) is 2.76. The molecule has 1 aromatic heterocycles. The molecule has 0 radical (unpaired) electrons. The van der Waals surface area contributed by atoms with E-state index in [-0.39, 0.29) is 12.1 Å². The van der Waals surface area contributed by atoms with Gasteiger partial charge in [0.05, 0.1) is 26.8 Å². The number of carbonyl (C=O) groups excluding carboxylic acids is 1. The molecule has 0 N–H and O–H groups in total. The molecule has 1 aromatic carbocycles. The van der Waals surface area contributed by atoms with Crippen molar-refractivity contribution in [1.82, 2.24) is 9.88 Å². The van der Waals surface area contributed by atoms with Gasteiger partial charge in [0.1, 0.15) is 5.60 Å². The second-order valence-electron chi connectivity index (χ2n) is 6.93. The van der Waals surface area contributed by atoms with E-state index in [1.807, 2.05) is 45.0 Å². The van der Waals surface area contributed by atoms with Gasteiger partial charge in [0.2, 0.25) is 0 Å². The monoisotopic (exact) mass is 366 g/mol. The number of benzene rings is 1. The molecule has 1 aliphatic heterocycles. The van der Waals surface area contributed by atoms with Crippen LogP contribution in [0.1, 0.15) is 33.6 Å². The fourth-order valence-corrected chi connectivity index (χ4v) is 5.35. The van der Waals surface area contributed by atoms with Gasteiger partial charge in [0.25, 0.3) is 0 Å². The van der Waals surface area contributed by atoms with Gasteiger partial charge in [-0.1, -0.05) is 12.1 Å². The first-order chi connectivity index (χ1) is 11.3. The number of rotatable bonds is 3. The molecule has 130 valence electrons. The van der Waals surface area contributed by atoms with E-state index in [1.54, 1.807) is 4.90 Å².